The van der Waals surface area contributed by atoms with Gasteiger partial charge in [0, 0.05) is 24.8 Å². The molecule has 1 saturated carbocycles. The van der Waals surface area contributed by atoms with Gasteiger partial charge in [-0.05, 0) is 68.7 Å². The van der Waals surface area contributed by atoms with Crippen molar-refractivity contribution in [1.82, 2.24) is 19.9 Å². The lowest BCUT2D eigenvalue weighted by atomic mass is 10.0. The Morgan fingerprint density at radius 3 is 2.29 bits per heavy atom. The second kappa shape index (κ2) is 10.6. The molecule has 0 radical (unpaired) electrons. The van der Waals surface area contributed by atoms with Gasteiger partial charge < -0.3 is 20.4 Å². The minimum atomic E-state index is 0.430. The van der Waals surface area contributed by atoms with Crippen molar-refractivity contribution in [2.24, 2.45) is 0 Å². The van der Waals surface area contributed by atoms with Crippen LogP contribution in [0.4, 0.5) is 23.5 Å². The SMILES string of the molecule is CN1CCC(N(C)c2nc(Nc3ccc4ccccc4c3)nc(NC3CCCCCC3)n2)CC1. The zero-order chi connectivity index (χ0) is 23.3. The molecule has 0 bridgehead atoms. The molecule has 34 heavy (non-hydrogen) atoms. The van der Waals surface area contributed by atoms with Gasteiger partial charge in [-0.15, -0.1) is 0 Å². The minimum absolute atomic E-state index is 0.430. The standard InChI is InChI=1S/C27H37N7/c1-33-17-15-24(16-18-33)34(2)27-31-25(28-22-11-5-3-4-6-12-22)30-26(32-27)29-23-14-13-20-9-7-8-10-21(20)19-23/h7-10,13-14,19,22,24H,3-6,11-12,15-18H2,1-2H3,(H2,28,29,30,31,32). The van der Waals surface area contributed by atoms with Crippen molar-refractivity contribution in [3.63, 3.8) is 0 Å². The van der Waals surface area contributed by atoms with E-state index in [1.807, 2.05) is 0 Å². The van der Waals surface area contributed by atoms with E-state index in [4.69, 9.17) is 15.0 Å². The molecule has 7 nitrogen and oxygen atoms in total. The van der Waals surface area contributed by atoms with E-state index in [1.165, 1.54) is 49.3 Å². The number of hydrogen-bond donors (Lipinski definition) is 2. The number of rotatable bonds is 6. The average molecular weight is 460 g/mol. The third-order valence-corrected chi connectivity index (χ3v) is 7.37. The van der Waals surface area contributed by atoms with Gasteiger partial charge in [-0.2, -0.15) is 15.0 Å². The molecule has 1 aromatic heterocycles. The molecule has 2 aromatic carbocycles. The van der Waals surface area contributed by atoms with Crippen LogP contribution in [0.5, 0.6) is 0 Å². The van der Waals surface area contributed by atoms with Gasteiger partial charge in [0.1, 0.15) is 0 Å². The van der Waals surface area contributed by atoms with Gasteiger partial charge in [0.05, 0.1) is 0 Å². The molecule has 2 heterocycles. The zero-order valence-electron chi connectivity index (χ0n) is 20.5. The lowest BCUT2D eigenvalue weighted by Gasteiger charge is -2.35. The number of benzene rings is 2. The predicted molar refractivity (Wildman–Crippen MR) is 141 cm³/mol. The lowest BCUT2D eigenvalue weighted by Crippen LogP contribution is -2.42. The van der Waals surface area contributed by atoms with Crippen molar-refractivity contribution in [2.75, 3.05) is 42.7 Å². The molecule has 2 fully saturated rings. The Labute approximate surface area is 203 Å². The van der Waals surface area contributed by atoms with Crippen LogP contribution in [0.3, 0.4) is 0 Å². The molecule has 0 spiro atoms. The molecule has 1 aliphatic carbocycles. The van der Waals surface area contributed by atoms with Gasteiger partial charge in [-0.1, -0.05) is 56.0 Å². The predicted octanol–water partition coefficient (Wildman–Crippen LogP) is 5.43. The van der Waals surface area contributed by atoms with E-state index < -0.39 is 0 Å². The fourth-order valence-electron chi connectivity index (χ4n) is 5.19. The Hall–Kier alpha value is -2.93. The first-order valence-electron chi connectivity index (χ1n) is 12.8. The van der Waals surface area contributed by atoms with Crippen LogP contribution in [0.2, 0.25) is 0 Å². The molecule has 2 aliphatic rings. The Kier molecular flexibility index (Phi) is 7.09. The number of aromatic nitrogens is 3. The smallest absolute Gasteiger partial charge is 0.233 e. The van der Waals surface area contributed by atoms with E-state index in [0.717, 1.165) is 37.6 Å². The maximum atomic E-state index is 4.88. The average Bonchev–Trinajstić information content (AvgIpc) is 3.12. The lowest BCUT2D eigenvalue weighted by molar-refractivity contribution is 0.252. The van der Waals surface area contributed by atoms with E-state index in [1.54, 1.807) is 0 Å². The Balaban J connectivity index is 1.41. The summed E-state index contributed by atoms with van der Waals surface area (Å²) < 4.78 is 0. The minimum Gasteiger partial charge on any atom is -0.351 e. The normalized spacial score (nSPS) is 18.5. The van der Waals surface area contributed by atoms with Crippen LogP contribution in [0, 0.1) is 0 Å². The molecule has 0 amide bonds. The third kappa shape index (κ3) is 5.58. The molecule has 1 saturated heterocycles. The maximum Gasteiger partial charge on any atom is 0.233 e. The Bertz CT molecular complexity index is 1090. The highest BCUT2D eigenvalue weighted by Crippen LogP contribution is 2.26. The first kappa shape index (κ1) is 22.8. The Morgan fingerprint density at radius 2 is 1.53 bits per heavy atom. The first-order chi connectivity index (χ1) is 16.6. The highest BCUT2D eigenvalue weighted by molar-refractivity contribution is 5.86. The summed E-state index contributed by atoms with van der Waals surface area (Å²) in [6.45, 7) is 2.21. The van der Waals surface area contributed by atoms with Crippen molar-refractivity contribution in [3.05, 3.63) is 42.5 Å². The first-order valence-corrected chi connectivity index (χ1v) is 12.8. The summed E-state index contributed by atoms with van der Waals surface area (Å²) in [6, 6.07) is 15.6. The topological polar surface area (TPSA) is 69.2 Å². The maximum absolute atomic E-state index is 4.88. The quantitative estimate of drug-likeness (QED) is 0.476. The summed E-state index contributed by atoms with van der Waals surface area (Å²) in [5, 5.41) is 9.52. The second-order valence-corrected chi connectivity index (χ2v) is 9.95. The summed E-state index contributed by atoms with van der Waals surface area (Å²) in [7, 11) is 4.32. The van der Waals surface area contributed by atoms with Crippen LogP contribution in [0.25, 0.3) is 10.8 Å². The van der Waals surface area contributed by atoms with E-state index in [0.29, 0.717) is 24.0 Å². The molecule has 3 aromatic rings. The van der Waals surface area contributed by atoms with Crippen LogP contribution >= 0.6 is 0 Å². The van der Waals surface area contributed by atoms with Gasteiger partial charge in [0.25, 0.3) is 0 Å². The molecule has 0 unspecified atom stereocenters. The fourth-order valence-corrected chi connectivity index (χ4v) is 5.19. The van der Waals surface area contributed by atoms with Gasteiger partial charge >= 0.3 is 0 Å². The summed E-state index contributed by atoms with van der Waals surface area (Å²) in [6.07, 6.45) is 9.80. The van der Waals surface area contributed by atoms with E-state index >= 15 is 0 Å². The van der Waals surface area contributed by atoms with Crippen LogP contribution in [0.1, 0.15) is 51.4 Å². The van der Waals surface area contributed by atoms with E-state index in [-0.39, 0.29) is 0 Å². The molecular weight excluding hydrogens is 422 g/mol. The summed E-state index contributed by atoms with van der Waals surface area (Å²) >= 11 is 0. The molecule has 5 rings (SSSR count). The van der Waals surface area contributed by atoms with Crippen LogP contribution in [-0.4, -0.2) is 59.1 Å². The second-order valence-electron chi connectivity index (χ2n) is 9.95. The number of nitrogens with zero attached hydrogens (tertiary/aromatic N) is 5. The number of hydrogen-bond acceptors (Lipinski definition) is 7. The van der Waals surface area contributed by atoms with Crippen LogP contribution in [0.15, 0.2) is 42.5 Å². The number of nitrogens with one attached hydrogen (secondary N) is 2. The van der Waals surface area contributed by atoms with Gasteiger partial charge in [-0.3, -0.25) is 0 Å². The highest BCUT2D eigenvalue weighted by atomic mass is 15.3. The number of piperidine rings is 1. The molecule has 180 valence electrons. The molecule has 0 atom stereocenters. The summed E-state index contributed by atoms with van der Waals surface area (Å²) in [5.41, 5.74) is 0.984. The molecule has 2 N–H and O–H groups in total. The molecule has 1 aliphatic heterocycles. The van der Waals surface area contributed by atoms with Crippen molar-refractivity contribution in [1.29, 1.82) is 0 Å². The van der Waals surface area contributed by atoms with Gasteiger partial charge in [0.2, 0.25) is 17.8 Å². The molecule has 7 heteroatoms. The largest absolute Gasteiger partial charge is 0.351 e. The number of likely N-dealkylation sites (tertiary alicyclic amines) is 1. The summed E-state index contributed by atoms with van der Waals surface area (Å²) in [4.78, 5) is 19.2. The fraction of sp³-hybridized carbons (Fsp3) is 0.519. The zero-order valence-corrected chi connectivity index (χ0v) is 20.5. The van der Waals surface area contributed by atoms with Gasteiger partial charge in [-0.25, -0.2) is 0 Å². The van der Waals surface area contributed by atoms with E-state index in [2.05, 4.69) is 77.0 Å². The number of anilines is 4. The van der Waals surface area contributed by atoms with Crippen LogP contribution < -0.4 is 15.5 Å². The highest BCUT2D eigenvalue weighted by Gasteiger charge is 2.24. The van der Waals surface area contributed by atoms with Crippen LogP contribution in [-0.2, 0) is 0 Å². The third-order valence-electron chi connectivity index (χ3n) is 7.37. The monoisotopic (exact) mass is 459 g/mol. The van der Waals surface area contributed by atoms with E-state index in [9.17, 15) is 0 Å². The van der Waals surface area contributed by atoms with Crippen molar-refractivity contribution >= 4 is 34.3 Å². The van der Waals surface area contributed by atoms with Gasteiger partial charge in [0.15, 0.2) is 0 Å². The number of fused-ring (bicyclic) bond motifs is 1. The molecular formula is C27H37N7. The van der Waals surface area contributed by atoms with Crippen molar-refractivity contribution < 1.29 is 0 Å². The summed E-state index contributed by atoms with van der Waals surface area (Å²) in [5.74, 6) is 2.01. The van der Waals surface area contributed by atoms with Crippen molar-refractivity contribution in [2.45, 2.75) is 63.5 Å². The Morgan fingerprint density at radius 1 is 0.824 bits per heavy atom. The van der Waals surface area contributed by atoms with Crippen molar-refractivity contribution in [3.8, 4) is 0 Å².